The van der Waals surface area contributed by atoms with Crippen molar-refractivity contribution in [1.29, 1.82) is 0 Å². The molecule has 1 atom stereocenters. The summed E-state index contributed by atoms with van der Waals surface area (Å²) in [7, 11) is 1.90. The number of benzene rings is 2. The van der Waals surface area contributed by atoms with Crippen LogP contribution < -0.4 is 10.7 Å². The van der Waals surface area contributed by atoms with Gasteiger partial charge in [-0.05, 0) is 50.4 Å². The van der Waals surface area contributed by atoms with Crippen molar-refractivity contribution >= 4 is 15.9 Å². The van der Waals surface area contributed by atoms with Gasteiger partial charge in [0.25, 0.3) is 0 Å². The summed E-state index contributed by atoms with van der Waals surface area (Å²) in [6, 6.07) is 13.1. The predicted molar refractivity (Wildman–Crippen MR) is 91.6 cm³/mol. The molecule has 0 fully saturated rings. The fraction of sp³-hybridized carbons (Fsp3) is 0.176. The zero-order chi connectivity index (χ0) is 15.7. The third kappa shape index (κ3) is 2.82. The molecule has 0 amide bonds. The van der Waals surface area contributed by atoms with E-state index < -0.39 is 0 Å². The second-order valence-electron chi connectivity index (χ2n) is 5.18. The van der Waals surface area contributed by atoms with E-state index in [0.717, 1.165) is 27.2 Å². The molecule has 1 aromatic rings. The second kappa shape index (κ2) is 6.02. The number of hydrogen-bond donors (Lipinski definition) is 1. The Morgan fingerprint density at radius 1 is 1.18 bits per heavy atom. The molecule has 112 valence electrons. The van der Waals surface area contributed by atoms with Gasteiger partial charge in [0.1, 0.15) is 5.82 Å². The normalized spacial score (nSPS) is 12.5. The number of aromatic nitrogens is 2. The molecule has 1 aromatic carbocycles. The molecule has 22 heavy (non-hydrogen) atoms. The van der Waals surface area contributed by atoms with Gasteiger partial charge in [-0.3, -0.25) is 4.79 Å². The zero-order valence-electron chi connectivity index (χ0n) is 12.4. The van der Waals surface area contributed by atoms with Crippen molar-refractivity contribution in [2.24, 2.45) is 0 Å². The van der Waals surface area contributed by atoms with E-state index in [1.165, 1.54) is 0 Å². The van der Waals surface area contributed by atoms with E-state index in [4.69, 9.17) is 4.98 Å². The maximum Gasteiger partial charge on any atom is 0.180 e. The van der Waals surface area contributed by atoms with E-state index in [-0.39, 0.29) is 11.5 Å². The van der Waals surface area contributed by atoms with Gasteiger partial charge in [-0.2, -0.15) is 0 Å². The summed E-state index contributed by atoms with van der Waals surface area (Å²) in [4.78, 5) is 16.3. The average molecular weight is 358 g/mol. The average Bonchev–Trinajstić information content (AvgIpc) is 2.53. The monoisotopic (exact) mass is 357 g/mol. The molecule has 0 spiro atoms. The molecule has 1 heterocycles. The second-order valence-corrected chi connectivity index (χ2v) is 6.09. The highest BCUT2D eigenvalue weighted by Crippen LogP contribution is 2.24. The van der Waals surface area contributed by atoms with Crippen molar-refractivity contribution in [3.8, 4) is 16.9 Å². The minimum Gasteiger partial charge on any atom is -0.311 e. The van der Waals surface area contributed by atoms with Crippen LogP contribution in [0.15, 0.2) is 57.9 Å². The number of rotatable bonds is 3. The highest BCUT2D eigenvalue weighted by molar-refractivity contribution is 9.10. The Morgan fingerprint density at radius 3 is 2.59 bits per heavy atom. The van der Waals surface area contributed by atoms with Crippen molar-refractivity contribution in [2.45, 2.75) is 13.0 Å². The number of hydrogen-bond acceptors (Lipinski definition) is 3. The van der Waals surface area contributed by atoms with Gasteiger partial charge in [0, 0.05) is 28.0 Å². The lowest BCUT2D eigenvalue weighted by atomic mass is 10.1. The largest absolute Gasteiger partial charge is 0.311 e. The lowest BCUT2D eigenvalue weighted by Crippen LogP contribution is -2.21. The van der Waals surface area contributed by atoms with Crippen LogP contribution in [-0.2, 0) is 0 Å². The highest BCUT2D eigenvalue weighted by atomic mass is 79.9. The van der Waals surface area contributed by atoms with Crippen LogP contribution >= 0.6 is 15.9 Å². The molecule has 0 radical (unpaired) electrons. The Bertz CT molecular complexity index is 826. The maximum atomic E-state index is 11.6. The van der Waals surface area contributed by atoms with Crippen LogP contribution in [0.5, 0.6) is 0 Å². The number of halogens is 1. The SMILES string of the molecule is CNC(C)c1nc2cc(=O)ccc-2cn1-c1ccc(Br)cc1. The Hall–Kier alpha value is -1.98. The minimum absolute atomic E-state index is 0.0237. The summed E-state index contributed by atoms with van der Waals surface area (Å²) >= 11 is 3.45. The molecular formula is C17H16BrN3O. The lowest BCUT2D eigenvalue weighted by Gasteiger charge is -2.20. The molecule has 0 bridgehead atoms. The molecule has 0 saturated carbocycles. The van der Waals surface area contributed by atoms with E-state index in [0.29, 0.717) is 0 Å². The molecular weight excluding hydrogens is 342 g/mol. The number of nitrogens with zero attached hydrogens (tertiary/aromatic N) is 2. The standard InChI is InChI=1S/C17H16BrN3O/c1-11(19-2)17-20-16-9-15(22)8-3-12(16)10-21(17)14-6-4-13(18)5-7-14/h3-11,19H,1-2H3. The summed E-state index contributed by atoms with van der Waals surface area (Å²) in [5.74, 6) is 0.864. The summed E-state index contributed by atoms with van der Waals surface area (Å²) in [5, 5.41) is 3.21. The van der Waals surface area contributed by atoms with Gasteiger partial charge in [-0.15, -0.1) is 0 Å². The molecule has 1 N–H and O–H groups in total. The maximum absolute atomic E-state index is 11.6. The van der Waals surface area contributed by atoms with Crippen molar-refractivity contribution in [2.75, 3.05) is 7.05 Å². The van der Waals surface area contributed by atoms with Gasteiger partial charge in [0.05, 0.1) is 11.7 Å². The number of fused-ring (bicyclic) bond motifs is 1. The van der Waals surface area contributed by atoms with E-state index in [9.17, 15) is 4.79 Å². The van der Waals surface area contributed by atoms with Crippen LogP contribution in [0, 0.1) is 0 Å². The molecule has 0 aromatic heterocycles. The van der Waals surface area contributed by atoms with E-state index >= 15 is 0 Å². The highest BCUT2D eigenvalue weighted by Gasteiger charge is 2.15. The Balaban J connectivity index is 2.27. The summed E-state index contributed by atoms with van der Waals surface area (Å²) in [5.41, 5.74) is 2.66. The number of nitrogens with one attached hydrogen (secondary N) is 1. The van der Waals surface area contributed by atoms with Gasteiger partial charge >= 0.3 is 0 Å². The predicted octanol–water partition coefficient (Wildman–Crippen LogP) is 3.38. The van der Waals surface area contributed by atoms with Crippen LogP contribution in [0.25, 0.3) is 16.9 Å². The van der Waals surface area contributed by atoms with E-state index in [2.05, 4.69) is 25.8 Å². The minimum atomic E-state index is -0.0237. The van der Waals surface area contributed by atoms with Crippen LogP contribution in [0.2, 0.25) is 0 Å². The van der Waals surface area contributed by atoms with Crippen molar-refractivity contribution in [3.05, 3.63) is 69.2 Å². The first-order valence-corrected chi connectivity index (χ1v) is 7.84. The Kier molecular flexibility index (Phi) is 4.09. The first kappa shape index (κ1) is 14.9. The zero-order valence-corrected chi connectivity index (χ0v) is 14.0. The fourth-order valence-electron chi connectivity index (χ4n) is 2.36. The van der Waals surface area contributed by atoms with E-state index in [1.54, 1.807) is 12.1 Å². The molecule has 1 aliphatic heterocycles. The fourth-order valence-corrected chi connectivity index (χ4v) is 2.62. The topological polar surface area (TPSA) is 46.9 Å². The van der Waals surface area contributed by atoms with Crippen LogP contribution in [0.4, 0.5) is 0 Å². The van der Waals surface area contributed by atoms with Crippen molar-refractivity contribution in [3.63, 3.8) is 0 Å². The molecule has 2 aliphatic rings. The van der Waals surface area contributed by atoms with Gasteiger partial charge in [0.2, 0.25) is 0 Å². The van der Waals surface area contributed by atoms with Crippen molar-refractivity contribution in [1.82, 2.24) is 14.9 Å². The molecule has 5 heteroatoms. The van der Waals surface area contributed by atoms with Crippen LogP contribution in [-0.4, -0.2) is 16.6 Å². The smallest absolute Gasteiger partial charge is 0.180 e. The van der Waals surface area contributed by atoms with Gasteiger partial charge < -0.3 is 9.88 Å². The molecule has 1 aliphatic carbocycles. The Morgan fingerprint density at radius 2 is 1.91 bits per heavy atom. The van der Waals surface area contributed by atoms with Crippen molar-refractivity contribution < 1.29 is 0 Å². The molecule has 1 unspecified atom stereocenters. The van der Waals surface area contributed by atoms with Gasteiger partial charge in [-0.1, -0.05) is 15.9 Å². The van der Waals surface area contributed by atoms with Gasteiger partial charge in [0.15, 0.2) is 5.43 Å². The third-order valence-corrected chi connectivity index (χ3v) is 4.21. The quantitative estimate of drug-likeness (QED) is 0.781. The summed E-state index contributed by atoms with van der Waals surface area (Å²) in [6.07, 6.45) is 2.02. The summed E-state index contributed by atoms with van der Waals surface area (Å²) in [6.45, 7) is 2.05. The summed E-state index contributed by atoms with van der Waals surface area (Å²) < 4.78 is 3.09. The van der Waals surface area contributed by atoms with E-state index in [1.807, 2.05) is 50.5 Å². The first-order chi connectivity index (χ1) is 10.6. The Labute approximate surface area is 137 Å². The van der Waals surface area contributed by atoms with Crippen LogP contribution in [0.1, 0.15) is 18.8 Å². The third-order valence-electron chi connectivity index (χ3n) is 3.68. The first-order valence-electron chi connectivity index (χ1n) is 7.05. The molecule has 0 saturated heterocycles. The van der Waals surface area contributed by atoms with Crippen LogP contribution in [0.3, 0.4) is 0 Å². The lowest BCUT2D eigenvalue weighted by molar-refractivity contribution is 0.590. The molecule has 4 nitrogen and oxygen atoms in total. The molecule has 3 rings (SSSR count). The van der Waals surface area contributed by atoms with Gasteiger partial charge in [-0.25, -0.2) is 4.98 Å².